The van der Waals surface area contributed by atoms with Crippen LogP contribution >= 0.6 is 0 Å². The third-order valence-electron chi connectivity index (χ3n) is 5.12. The van der Waals surface area contributed by atoms with Crippen molar-refractivity contribution in [1.29, 1.82) is 0 Å². The van der Waals surface area contributed by atoms with Crippen LogP contribution in [-0.2, 0) is 4.79 Å². The lowest BCUT2D eigenvalue weighted by Crippen LogP contribution is -2.53. The molecule has 0 aromatic rings. The molecule has 4 heteroatoms. The molecule has 0 bridgehead atoms. The molecule has 108 valence electrons. The van der Waals surface area contributed by atoms with Crippen molar-refractivity contribution in [2.45, 2.75) is 38.5 Å². The SMILES string of the molecule is O=C(CN1CCCC2(CCCNC2)C1)N1CCCC1. The van der Waals surface area contributed by atoms with E-state index in [-0.39, 0.29) is 0 Å². The Labute approximate surface area is 116 Å². The number of hydrogen-bond acceptors (Lipinski definition) is 3. The van der Waals surface area contributed by atoms with E-state index in [9.17, 15) is 4.79 Å². The molecule has 3 fully saturated rings. The Morgan fingerprint density at radius 1 is 1.05 bits per heavy atom. The van der Waals surface area contributed by atoms with Crippen molar-refractivity contribution in [2.75, 3.05) is 45.8 Å². The van der Waals surface area contributed by atoms with Gasteiger partial charge in [-0.05, 0) is 57.0 Å². The van der Waals surface area contributed by atoms with Gasteiger partial charge in [0.15, 0.2) is 0 Å². The van der Waals surface area contributed by atoms with Gasteiger partial charge >= 0.3 is 0 Å². The first-order valence-corrected chi connectivity index (χ1v) is 7.98. The van der Waals surface area contributed by atoms with E-state index in [1.54, 1.807) is 0 Å². The number of piperidine rings is 2. The Morgan fingerprint density at radius 3 is 2.58 bits per heavy atom. The van der Waals surface area contributed by atoms with Crippen LogP contribution < -0.4 is 5.32 Å². The summed E-state index contributed by atoms with van der Waals surface area (Å²) in [5, 5.41) is 3.55. The van der Waals surface area contributed by atoms with Gasteiger partial charge in [-0.15, -0.1) is 0 Å². The Kier molecular flexibility index (Phi) is 4.08. The van der Waals surface area contributed by atoms with Crippen LogP contribution in [0.25, 0.3) is 0 Å². The summed E-state index contributed by atoms with van der Waals surface area (Å²) < 4.78 is 0. The molecule has 3 aliphatic rings. The van der Waals surface area contributed by atoms with Crippen molar-refractivity contribution in [3.05, 3.63) is 0 Å². The van der Waals surface area contributed by atoms with Crippen LogP contribution in [0, 0.1) is 5.41 Å². The lowest BCUT2D eigenvalue weighted by molar-refractivity contribution is -0.132. The smallest absolute Gasteiger partial charge is 0.236 e. The molecule has 1 amide bonds. The molecule has 3 heterocycles. The first kappa shape index (κ1) is 13.4. The van der Waals surface area contributed by atoms with Gasteiger partial charge in [0.1, 0.15) is 0 Å². The predicted octanol–water partition coefficient (Wildman–Crippen LogP) is 1.07. The van der Waals surface area contributed by atoms with Gasteiger partial charge < -0.3 is 10.2 Å². The summed E-state index contributed by atoms with van der Waals surface area (Å²) in [7, 11) is 0. The second-order valence-corrected chi connectivity index (χ2v) is 6.68. The molecule has 4 nitrogen and oxygen atoms in total. The first-order chi connectivity index (χ1) is 9.27. The number of carbonyl (C=O) groups is 1. The topological polar surface area (TPSA) is 35.6 Å². The van der Waals surface area contributed by atoms with E-state index in [0.29, 0.717) is 17.9 Å². The normalized spacial score (nSPS) is 32.9. The van der Waals surface area contributed by atoms with Gasteiger partial charge in [0.05, 0.1) is 6.54 Å². The monoisotopic (exact) mass is 265 g/mol. The van der Waals surface area contributed by atoms with Crippen molar-refractivity contribution in [1.82, 2.24) is 15.1 Å². The Bertz CT molecular complexity index is 314. The summed E-state index contributed by atoms with van der Waals surface area (Å²) in [4.78, 5) is 16.7. The zero-order valence-electron chi connectivity index (χ0n) is 12.0. The molecule has 0 aromatic heterocycles. The first-order valence-electron chi connectivity index (χ1n) is 7.98. The molecule has 0 saturated carbocycles. The van der Waals surface area contributed by atoms with E-state index < -0.39 is 0 Å². The minimum absolute atomic E-state index is 0.360. The number of carbonyl (C=O) groups excluding carboxylic acids is 1. The molecule has 19 heavy (non-hydrogen) atoms. The molecule has 3 saturated heterocycles. The lowest BCUT2D eigenvalue weighted by atomic mass is 9.74. The van der Waals surface area contributed by atoms with E-state index in [4.69, 9.17) is 0 Å². The molecule has 3 rings (SSSR count). The van der Waals surface area contributed by atoms with E-state index in [1.807, 2.05) is 0 Å². The summed E-state index contributed by atoms with van der Waals surface area (Å²) in [6, 6.07) is 0. The van der Waals surface area contributed by atoms with Crippen LogP contribution in [0.1, 0.15) is 38.5 Å². The van der Waals surface area contributed by atoms with Gasteiger partial charge in [-0.2, -0.15) is 0 Å². The molecular weight excluding hydrogens is 238 g/mol. The fraction of sp³-hybridized carbons (Fsp3) is 0.933. The van der Waals surface area contributed by atoms with Gasteiger partial charge in [-0.25, -0.2) is 0 Å². The van der Waals surface area contributed by atoms with E-state index in [0.717, 1.165) is 32.7 Å². The van der Waals surface area contributed by atoms with Crippen LogP contribution in [0.2, 0.25) is 0 Å². The largest absolute Gasteiger partial charge is 0.342 e. The van der Waals surface area contributed by atoms with Gasteiger partial charge in [0, 0.05) is 26.2 Å². The van der Waals surface area contributed by atoms with Crippen LogP contribution in [0.4, 0.5) is 0 Å². The highest BCUT2D eigenvalue weighted by Crippen LogP contribution is 2.35. The summed E-state index contributed by atoms with van der Waals surface area (Å²) in [5.41, 5.74) is 0.460. The molecule has 1 unspecified atom stereocenters. The second kappa shape index (κ2) is 5.80. The standard InChI is InChI=1S/C15H27N3O/c19-14(18-9-1-2-10-18)11-17-8-4-6-15(13-17)5-3-7-16-12-15/h16H,1-13H2. The van der Waals surface area contributed by atoms with E-state index >= 15 is 0 Å². The zero-order chi connectivity index (χ0) is 13.1. The van der Waals surface area contributed by atoms with Crippen LogP contribution in [-0.4, -0.2) is 61.5 Å². The average Bonchev–Trinajstić information content (AvgIpc) is 2.93. The Morgan fingerprint density at radius 2 is 1.84 bits per heavy atom. The summed E-state index contributed by atoms with van der Waals surface area (Å²) in [5.74, 6) is 0.360. The maximum Gasteiger partial charge on any atom is 0.236 e. The second-order valence-electron chi connectivity index (χ2n) is 6.68. The number of likely N-dealkylation sites (tertiary alicyclic amines) is 2. The maximum absolute atomic E-state index is 12.3. The fourth-order valence-corrected chi connectivity index (χ4v) is 4.08. The van der Waals surface area contributed by atoms with Crippen molar-refractivity contribution in [2.24, 2.45) is 5.41 Å². The maximum atomic E-state index is 12.3. The number of rotatable bonds is 2. The summed E-state index contributed by atoms with van der Waals surface area (Å²) >= 11 is 0. The van der Waals surface area contributed by atoms with Gasteiger partial charge in [0.25, 0.3) is 0 Å². The molecule has 1 spiro atoms. The molecule has 1 N–H and O–H groups in total. The fourth-order valence-electron chi connectivity index (χ4n) is 4.08. The Hall–Kier alpha value is -0.610. The Balaban J connectivity index is 1.54. The molecule has 0 aliphatic carbocycles. The molecule has 1 atom stereocenters. The van der Waals surface area contributed by atoms with Crippen LogP contribution in [0.3, 0.4) is 0 Å². The zero-order valence-corrected chi connectivity index (χ0v) is 12.0. The lowest BCUT2D eigenvalue weighted by Gasteiger charge is -2.45. The van der Waals surface area contributed by atoms with E-state index in [1.165, 1.54) is 45.1 Å². The molecule has 3 aliphatic heterocycles. The third kappa shape index (κ3) is 3.11. The number of hydrogen-bond donors (Lipinski definition) is 1. The van der Waals surface area contributed by atoms with E-state index in [2.05, 4.69) is 15.1 Å². The minimum Gasteiger partial charge on any atom is -0.342 e. The summed E-state index contributed by atoms with van der Waals surface area (Å²) in [6.45, 7) is 7.19. The molecular formula is C15H27N3O. The summed E-state index contributed by atoms with van der Waals surface area (Å²) in [6.07, 6.45) is 7.63. The predicted molar refractivity (Wildman–Crippen MR) is 76.0 cm³/mol. The van der Waals surface area contributed by atoms with Crippen LogP contribution in [0.5, 0.6) is 0 Å². The van der Waals surface area contributed by atoms with Crippen molar-refractivity contribution >= 4 is 5.91 Å². The van der Waals surface area contributed by atoms with Gasteiger partial charge in [-0.3, -0.25) is 9.69 Å². The van der Waals surface area contributed by atoms with Crippen LogP contribution in [0.15, 0.2) is 0 Å². The minimum atomic E-state index is 0.360. The molecule has 0 aromatic carbocycles. The number of amides is 1. The van der Waals surface area contributed by atoms with Crippen molar-refractivity contribution in [3.63, 3.8) is 0 Å². The highest BCUT2D eigenvalue weighted by molar-refractivity contribution is 5.78. The van der Waals surface area contributed by atoms with Gasteiger partial charge in [-0.1, -0.05) is 0 Å². The quantitative estimate of drug-likeness (QED) is 0.811. The van der Waals surface area contributed by atoms with Crippen molar-refractivity contribution in [3.8, 4) is 0 Å². The number of nitrogens with zero attached hydrogens (tertiary/aromatic N) is 2. The van der Waals surface area contributed by atoms with Gasteiger partial charge in [0.2, 0.25) is 5.91 Å². The number of nitrogens with one attached hydrogen (secondary N) is 1. The average molecular weight is 265 g/mol. The van der Waals surface area contributed by atoms with Crippen molar-refractivity contribution < 1.29 is 4.79 Å². The third-order valence-corrected chi connectivity index (χ3v) is 5.12. The highest BCUT2D eigenvalue weighted by Gasteiger charge is 2.37. The molecule has 0 radical (unpaired) electrons. The highest BCUT2D eigenvalue weighted by atomic mass is 16.2.